The van der Waals surface area contributed by atoms with Gasteiger partial charge in [-0.3, -0.25) is 9.59 Å². The summed E-state index contributed by atoms with van der Waals surface area (Å²) in [6.07, 6.45) is 4.28. The number of amides is 1. The Morgan fingerprint density at radius 3 is 2.37 bits per heavy atom. The van der Waals surface area contributed by atoms with Crippen LogP contribution in [0.4, 0.5) is 0 Å². The van der Waals surface area contributed by atoms with Crippen LogP contribution < -0.4 is 0 Å². The Labute approximate surface area is 176 Å². The van der Waals surface area contributed by atoms with Crippen molar-refractivity contribution in [3.8, 4) is 0 Å². The summed E-state index contributed by atoms with van der Waals surface area (Å²) in [5.41, 5.74) is 1.33. The van der Waals surface area contributed by atoms with E-state index in [1.807, 2.05) is 84.6 Å². The lowest BCUT2D eigenvalue weighted by Crippen LogP contribution is -2.40. The molecule has 2 saturated heterocycles. The van der Waals surface area contributed by atoms with E-state index in [9.17, 15) is 9.59 Å². The van der Waals surface area contributed by atoms with Crippen molar-refractivity contribution in [2.75, 3.05) is 13.2 Å². The molecule has 4 atom stereocenters. The van der Waals surface area contributed by atoms with Crippen LogP contribution in [-0.4, -0.2) is 41.6 Å². The number of hydrogen-bond donors (Lipinski definition) is 0. The van der Waals surface area contributed by atoms with E-state index in [1.165, 1.54) is 0 Å². The van der Waals surface area contributed by atoms with Crippen molar-refractivity contribution in [1.82, 2.24) is 4.90 Å². The number of hydrogen-bond acceptors (Lipinski definition) is 4. The molecule has 1 spiro atoms. The molecule has 0 radical (unpaired) electrons. The van der Waals surface area contributed by atoms with Crippen LogP contribution in [0.3, 0.4) is 0 Å². The van der Waals surface area contributed by atoms with Crippen molar-refractivity contribution in [3.05, 3.63) is 83.9 Å². The van der Waals surface area contributed by atoms with Crippen LogP contribution in [0.2, 0.25) is 0 Å². The summed E-state index contributed by atoms with van der Waals surface area (Å²) in [6, 6.07) is 19.8. The number of benzene rings is 2. The predicted octanol–water partition coefficient (Wildman–Crippen LogP) is 3.51. The van der Waals surface area contributed by atoms with Crippen LogP contribution in [0, 0.1) is 11.8 Å². The van der Waals surface area contributed by atoms with Gasteiger partial charge in [0.25, 0.3) is 0 Å². The first-order chi connectivity index (χ1) is 14.6. The zero-order valence-corrected chi connectivity index (χ0v) is 16.9. The molecule has 0 N–H and O–H groups in total. The SMILES string of the molecule is CCCOC(=O)C1[C@@H]2C=CC3(CN(C(c4ccccc4)c4ccccc4)C(=O)[C@H]13)O2. The fraction of sp³-hybridized carbons (Fsp3) is 0.360. The lowest BCUT2D eigenvalue weighted by atomic mass is 9.77. The Kier molecular flexibility index (Phi) is 4.70. The number of carbonyl (C=O) groups is 2. The van der Waals surface area contributed by atoms with Gasteiger partial charge in [0.05, 0.1) is 31.2 Å². The summed E-state index contributed by atoms with van der Waals surface area (Å²) in [5.74, 6) is -1.49. The zero-order chi connectivity index (χ0) is 20.7. The molecule has 3 aliphatic heterocycles. The molecule has 30 heavy (non-hydrogen) atoms. The number of esters is 1. The van der Waals surface area contributed by atoms with Crippen LogP contribution in [0.1, 0.15) is 30.5 Å². The van der Waals surface area contributed by atoms with Crippen LogP contribution >= 0.6 is 0 Å². The quantitative estimate of drug-likeness (QED) is 0.547. The van der Waals surface area contributed by atoms with E-state index >= 15 is 0 Å². The minimum Gasteiger partial charge on any atom is -0.465 e. The summed E-state index contributed by atoms with van der Waals surface area (Å²) >= 11 is 0. The Morgan fingerprint density at radius 1 is 1.13 bits per heavy atom. The maximum absolute atomic E-state index is 13.8. The number of likely N-dealkylation sites (tertiary alicyclic amines) is 1. The van der Waals surface area contributed by atoms with Crippen molar-refractivity contribution in [2.24, 2.45) is 11.8 Å². The van der Waals surface area contributed by atoms with Gasteiger partial charge in [0.1, 0.15) is 11.5 Å². The topological polar surface area (TPSA) is 55.8 Å². The fourth-order valence-electron chi connectivity index (χ4n) is 5.14. The monoisotopic (exact) mass is 403 g/mol. The number of rotatable bonds is 6. The molecule has 5 rings (SSSR count). The molecular formula is C25H25NO4. The molecule has 5 nitrogen and oxygen atoms in total. The Bertz CT molecular complexity index is 934. The molecular weight excluding hydrogens is 378 g/mol. The largest absolute Gasteiger partial charge is 0.465 e. The number of fused-ring (bicyclic) bond motifs is 1. The third kappa shape index (κ3) is 2.88. The Balaban J connectivity index is 1.52. The standard InChI is InChI=1S/C25H25NO4/c1-2-15-29-24(28)20-19-13-14-25(30-19)16-26(23(27)21(20)25)22(17-9-5-3-6-10-17)18-11-7-4-8-12-18/h3-14,19-22H,2,15-16H2,1H3/t19-,20?,21-,25?/m0/s1. The van der Waals surface area contributed by atoms with Gasteiger partial charge in [-0.25, -0.2) is 0 Å². The highest BCUT2D eigenvalue weighted by Gasteiger charge is 2.68. The highest BCUT2D eigenvalue weighted by molar-refractivity contribution is 5.91. The van der Waals surface area contributed by atoms with Crippen molar-refractivity contribution in [3.63, 3.8) is 0 Å². The third-order valence-electron chi connectivity index (χ3n) is 6.39. The lowest BCUT2D eigenvalue weighted by Gasteiger charge is -2.31. The molecule has 0 saturated carbocycles. The molecule has 2 fully saturated rings. The van der Waals surface area contributed by atoms with Crippen molar-refractivity contribution >= 4 is 11.9 Å². The van der Waals surface area contributed by atoms with Crippen LogP contribution in [0.25, 0.3) is 0 Å². The number of nitrogens with zero attached hydrogens (tertiary/aromatic N) is 1. The van der Waals surface area contributed by atoms with Crippen molar-refractivity contribution in [2.45, 2.75) is 31.1 Å². The molecule has 2 unspecified atom stereocenters. The van der Waals surface area contributed by atoms with Crippen molar-refractivity contribution < 1.29 is 19.1 Å². The number of ether oxygens (including phenoxy) is 2. The second-order valence-electron chi connectivity index (χ2n) is 8.26. The van der Waals surface area contributed by atoms with Crippen LogP contribution in [0.5, 0.6) is 0 Å². The van der Waals surface area contributed by atoms with Gasteiger partial charge in [-0.1, -0.05) is 79.7 Å². The van der Waals surface area contributed by atoms with Gasteiger partial charge in [0.15, 0.2) is 0 Å². The molecule has 2 bridgehead atoms. The van der Waals surface area contributed by atoms with E-state index in [-0.39, 0.29) is 24.0 Å². The van der Waals surface area contributed by atoms with E-state index in [1.54, 1.807) is 0 Å². The minimum absolute atomic E-state index is 0.0435. The third-order valence-corrected chi connectivity index (χ3v) is 6.39. The van der Waals surface area contributed by atoms with E-state index in [4.69, 9.17) is 9.47 Å². The molecule has 2 aromatic carbocycles. The summed E-state index contributed by atoms with van der Waals surface area (Å²) in [4.78, 5) is 28.4. The van der Waals surface area contributed by atoms with Gasteiger partial charge >= 0.3 is 5.97 Å². The second-order valence-corrected chi connectivity index (χ2v) is 8.26. The average molecular weight is 403 g/mol. The summed E-state index contributed by atoms with van der Waals surface area (Å²) in [7, 11) is 0. The van der Waals surface area contributed by atoms with E-state index in [0.717, 1.165) is 17.5 Å². The van der Waals surface area contributed by atoms with E-state index in [2.05, 4.69) is 0 Å². The second kappa shape index (κ2) is 7.40. The molecule has 3 aliphatic rings. The van der Waals surface area contributed by atoms with Gasteiger partial charge < -0.3 is 14.4 Å². The van der Waals surface area contributed by atoms with Gasteiger partial charge in [-0.15, -0.1) is 0 Å². The molecule has 3 heterocycles. The van der Waals surface area contributed by atoms with E-state index in [0.29, 0.717) is 13.2 Å². The molecule has 2 aromatic rings. The van der Waals surface area contributed by atoms with Crippen molar-refractivity contribution in [1.29, 1.82) is 0 Å². The zero-order valence-electron chi connectivity index (χ0n) is 16.9. The normalized spacial score (nSPS) is 28.9. The fourth-order valence-corrected chi connectivity index (χ4v) is 5.14. The molecule has 1 amide bonds. The van der Waals surface area contributed by atoms with Gasteiger partial charge in [0.2, 0.25) is 5.91 Å². The summed E-state index contributed by atoms with van der Waals surface area (Å²) < 4.78 is 11.7. The first-order valence-corrected chi connectivity index (χ1v) is 10.6. The maximum atomic E-state index is 13.8. The maximum Gasteiger partial charge on any atom is 0.312 e. The van der Waals surface area contributed by atoms with Gasteiger partial charge in [0, 0.05) is 0 Å². The van der Waals surface area contributed by atoms with Crippen LogP contribution in [0.15, 0.2) is 72.8 Å². The van der Waals surface area contributed by atoms with Gasteiger partial charge in [-0.2, -0.15) is 0 Å². The van der Waals surface area contributed by atoms with Crippen LogP contribution in [-0.2, 0) is 19.1 Å². The summed E-state index contributed by atoms with van der Waals surface area (Å²) in [6.45, 7) is 2.74. The molecule has 0 aromatic heterocycles. The first-order valence-electron chi connectivity index (χ1n) is 10.6. The smallest absolute Gasteiger partial charge is 0.312 e. The molecule has 154 valence electrons. The van der Waals surface area contributed by atoms with Gasteiger partial charge in [-0.05, 0) is 17.5 Å². The summed E-state index contributed by atoms with van der Waals surface area (Å²) in [5, 5.41) is 0. The number of carbonyl (C=O) groups excluding carboxylic acids is 2. The molecule has 5 heteroatoms. The predicted molar refractivity (Wildman–Crippen MR) is 111 cm³/mol. The first kappa shape index (κ1) is 19.1. The van der Waals surface area contributed by atoms with E-state index < -0.39 is 17.4 Å². The Hall–Kier alpha value is -2.92. The molecule has 0 aliphatic carbocycles. The Morgan fingerprint density at radius 2 is 1.77 bits per heavy atom. The minimum atomic E-state index is -0.751. The average Bonchev–Trinajstić information content (AvgIpc) is 3.42. The lowest BCUT2D eigenvalue weighted by molar-refractivity contribution is -0.154. The highest BCUT2D eigenvalue weighted by Crippen LogP contribution is 2.54. The highest BCUT2D eigenvalue weighted by atomic mass is 16.6.